The summed E-state index contributed by atoms with van der Waals surface area (Å²) in [5, 5.41) is 7.69. The van der Waals surface area contributed by atoms with Crippen LogP contribution in [0.5, 0.6) is 5.75 Å². The first-order chi connectivity index (χ1) is 9.69. The fraction of sp³-hybridized carbons (Fsp3) is 0.308. The highest BCUT2D eigenvalue weighted by Crippen LogP contribution is 2.13. The maximum atomic E-state index is 11.2. The molecule has 0 unspecified atom stereocenters. The summed E-state index contributed by atoms with van der Waals surface area (Å²) >= 11 is 0. The van der Waals surface area contributed by atoms with E-state index in [0.29, 0.717) is 24.5 Å². The third kappa shape index (κ3) is 3.71. The summed E-state index contributed by atoms with van der Waals surface area (Å²) < 4.78 is 11.8. The number of ether oxygens (including phenoxy) is 2. The Morgan fingerprint density at radius 2 is 2.10 bits per heavy atom. The number of nitrogens with two attached hydrogens (primary N) is 1. The zero-order chi connectivity index (χ0) is 14.4. The average Bonchev–Trinajstić information content (AvgIpc) is 2.88. The van der Waals surface area contributed by atoms with Crippen LogP contribution < -0.4 is 10.5 Å². The van der Waals surface area contributed by atoms with E-state index in [1.807, 2.05) is 0 Å². The van der Waals surface area contributed by atoms with E-state index in [9.17, 15) is 4.79 Å². The number of hydrogen-bond acceptors (Lipinski definition) is 6. The summed E-state index contributed by atoms with van der Waals surface area (Å²) in [6.07, 6.45) is 1.69. The maximum Gasteiger partial charge on any atom is 0.311 e. The van der Waals surface area contributed by atoms with Crippen LogP contribution in [0.15, 0.2) is 30.5 Å². The second-order valence-electron chi connectivity index (χ2n) is 4.12. The van der Waals surface area contributed by atoms with E-state index >= 15 is 0 Å². The molecule has 0 amide bonds. The zero-order valence-electron chi connectivity index (χ0n) is 11.2. The second-order valence-corrected chi connectivity index (χ2v) is 4.12. The molecule has 106 valence electrons. The van der Waals surface area contributed by atoms with Crippen molar-refractivity contribution < 1.29 is 14.3 Å². The number of nitrogen functional groups attached to an aromatic ring is 1. The van der Waals surface area contributed by atoms with Gasteiger partial charge in [-0.1, -0.05) is 5.21 Å². The van der Waals surface area contributed by atoms with Gasteiger partial charge in [-0.15, -0.1) is 5.10 Å². The molecule has 1 aromatic heterocycles. The van der Waals surface area contributed by atoms with Crippen LogP contribution in [0.3, 0.4) is 0 Å². The van der Waals surface area contributed by atoms with Gasteiger partial charge in [0.15, 0.2) is 0 Å². The van der Waals surface area contributed by atoms with Crippen LogP contribution in [0, 0.1) is 0 Å². The third-order valence-electron chi connectivity index (χ3n) is 2.70. The minimum atomic E-state index is -0.326. The van der Waals surface area contributed by atoms with Crippen LogP contribution in [0.1, 0.15) is 5.69 Å². The Morgan fingerprint density at radius 3 is 2.80 bits per heavy atom. The molecule has 0 saturated heterocycles. The van der Waals surface area contributed by atoms with Crippen LogP contribution in [-0.2, 0) is 22.5 Å². The number of carbonyl (C=O) groups is 1. The summed E-state index contributed by atoms with van der Waals surface area (Å²) in [5.74, 6) is 0.404. The standard InChI is InChI=1S/C13H16N4O3/c1-19-13(18)8-11-9-15-16-17(11)6-7-20-12-4-2-10(14)3-5-12/h2-5,9H,6-8,14H2,1H3. The van der Waals surface area contributed by atoms with Crippen LogP contribution >= 0.6 is 0 Å². The average molecular weight is 276 g/mol. The molecule has 0 aliphatic heterocycles. The van der Waals surface area contributed by atoms with Gasteiger partial charge in [-0.25, -0.2) is 4.68 Å². The SMILES string of the molecule is COC(=O)Cc1cnnn1CCOc1ccc(N)cc1. The van der Waals surface area contributed by atoms with Gasteiger partial charge < -0.3 is 15.2 Å². The Morgan fingerprint density at radius 1 is 1.35 bits per heavy atom. The second kappa shape index (κ2) is 6.55. The predicted molar refractivity (Wildman–Crippen MR) is 72.1 cm³/mol. The molecule has 0 saturated carbocycles. The number of carbonyl (C=O) groups excluding carboxylic acids is 1. The molecule has 20 heavy (non-hydrogen) atoms. The molecule has 0 aliphatic rings. The number of methoxy groups -OCH3 is 1. The summed E-state index contributed by atoms with van der Waals surface area (Å²) in [5.41, 5.74) is 6.97. The molecule has 2 N–H and O–H groups in total. The van der Waals surface area contributed by atoms with Crippen LogP contribution in [0.2, 0.25) is 0 Å². The lowest BCUT2D eigenvalue weighted by molar-refractivity contribution is -0.139. The van der Waals surface area contributed by atoms with Crippen molar-refractivity contribution in [1.29, 1.82) is 0 Å². The van der Waals surface area contributed by atoms with Gasteiger partial charge in [0, 0.05) is 5.69 Å². The van der Waals surface area contributed by atoms with Gasteiger partial charge in [-0.05, 0) is 24.3 Å². The van der Waals surface area contributed by atoms with Gasteiger partial charge in [0.05, 0.1) is 32.0 Å². The Hall–Kier alpha value is -2.57. The van der Waals surface area contributed by atoms with Crippen molar-refractivity contribution in [3.8, 4) is 5.75 Å². The highest BCUT2D eigenvalue weighted by Gasteiger charge is 2.09. The normalized spacial score (nSPS) is 10.2. The largest absolute Gasteiger partial charge is 0.492 e. The maximum absolute atomic E-state index is 11.2. The minimum Gasteiger partial charge on any atom is -0.492 e. The van der Waals surface area contributed by atoms with Crippen molar-refractivity contribution in [2.24, 2.45) is 0 Å². The lowest BCUT2D eigenvalue weighted by Crippen LogP contribution is -2.15. The molecule has 0 aliphatic carbocycles. The summed E-state index contributed by atoms with van der Waals surface area (Å²) in [4.78, 5) is 11.2. The van der Waals surface area contributed by atoms with Gasteiger partial charge >= 0.3 is 5.97 Å². The van der Waals surface area contributed by atoms with Crippen molar-refractivity contribution in [3.63, 3.8) is 0 Å². The lowest BCUT2D eigenvalue weighted by atomic mass is 10.3. The molecule has 2 aromatic rings. The molecule has 7 nitrogen and oxygen atoms in total. The lowest BCUT2D eigenvalue weighted by Gasteiger charge is -2.08. The Bertz CT molecular complexity index is 565. The molecule has 1 aromatic carbocycles. The highest BCUT2D eigenvalue weighted by molar-refractivity contribution is 5.71. The van der Waals surface area contributed by atoms with Crippen molar-refractivity contribution >= 4 is 11.7 Å². The molecule has 0 spiro atoms. The van der Waals surface area contributed by atoms with E-state index in [2.05, 4.69) is 15.0 Å². The van der Waals surface area contributed by atoms with Crippen molar-refractivity contribution in [2.45, 2.75) is 13.0 Å². The van der Waals surface area contributed by atoms with Gasteiger partial charge in [0.1, 0.15) is 12.4 Å². The van der Waals surface area contributed by atoms with Gasteiger partial charge in [-0.3, -0.25) is 4.79 Å². The smallest absolute Gasteiger partial charge is 0.311 e. The first-order valence-corrected chi connectivity index (χ1v) is 6.11. The van der Waals surface area contributed by atoms with E-state index < -0.39 is 0 Å². The predicted octanol–water partition coefficient (Wildman–Crippen LogP) is 0.655. The number of aromatic nitrogens is 3. The first-order valence-electron chi connectivity index (χ1n) is 6.11. The van der Waals surface area contributed by atoms with Gasteiger partial charge in [-0.2, -0.15) is 0 Å². The quantitative estimate of drug-likeness (QED) is 0.615. The van der Waals surface area contributed by atoms with Crippen molar-refractivity contribution in [3.05, 3.63) is 36.2 Å². The summed E-state index contributed by atoms with van der Waals surface area (Å²) in [6.45, 7) is 0.915. The van der Waals surface area contributed by atoms with Crippen molar-refractivity contribution in [1.82, 2.24) is 15.0 Å². The van der Waals surface area contributed by atoms with Gasteiger partial charge in [0.25, 0.3) is 0 Å². The Labute approximate surface area is 116 Å². The van der Waals surface area contributed by atoms with E-state index in [1.54, 1.807) is 35.1 Å². The van der Waals surface area contributed by atoms with E-state index in [0.717, 1.165) is 5.75 Å². The minimum absolute atomic E-state index is 0.144. The van der Waals surface area contributed by atoms with E-state index in [4.69, 9.17) is 10.5 Å². The first kappa shape index (κ1) is 13.9. The number of benzene rings is 1. The molecular weight excluding hydrogens is 260 g/mol. The molecule has 0 atom stereocenters. The molecule has 0 bridgehead atoms. The number of rotatable bonds is 6. The fourth-order valence-electron chi connectivity index (χ4n) is 1.64. The molecule has 2 rings (SSSR count). The Balaban J connectivity index is 1.86. The molecule has 7 heteroatoms. The van der Waals surface area contributed by atoms with E-state index in [-0.39, 0.29) is 12.4 Å². The van der Waals surface area contributed by atoms with E-state index in [1.165, 1.54) is 7.11 Å². The summed E-state index contributed by atoms with van der Waals surface area (Å²) in [6, 6.07) is 7.14. The van der Waals surface area contributed by atoms with Crippen molar-refractivity contribution in [2.75, 3.05) is 19.5 Å². The highest BCUT2D eigenvalue weighted by atomic mass is 16.5. The van der Waals surface area contributed by atoms with Crippen LogP contribution in [0.25, 0.3) is 0 Å². The zero-order valence-corrected chi connectivity index (χ0v) is 11.2. The Kier molecular flexibility index (Phi) is 4.54. The number of nitrogens with zero attached hydrogens (tertiary/aromatic N) is 3. The molecule has 1 heterocycles. The third-order valence-corrected chi connectivity index (χ3v) is 2.70. The van der Waals surface area contributed by atoms with Crippen LogP contribution in [-0.4, -0.2) is 34.7 Å². The molecular formula is C13H16N4O3. The topological polar surface area (TPSA) is 92.3 Å². The molecule has 0 fully saturated rings. The fourth-order valence-corrected chi connectivity index (χ4v) is 1.64. The number of hydrogen-bond donors (Lipinski definition) is 1. The molecule has 0 radical (unpaired) electrons. The number of esters is 1. The summed E-state index contributed by atoms with van der Waals surface area (Å²) in [7, 11) is 1.35. The van der Waals surface area contributed by atoms with Gasteiger partial charge in [0.2, 0.25) is 0 Å². The monoisotopic (exact) mass is 276 g/mol. The van der Waals surface area contributed by atoms with Crippen LogP contribution in [0.4, 0.5) is 5.69 Å². The number of anilines is 1.